The van der Waals surface area contributed by atoms with Crippen molar-refractivity contribution in [2.75, 3.05) is 7.05 Å². The molecule has 0 bridgehead atoms. The van der Waals surface area contributed by atoms with E-state index in [0.29, 0.717) is 12.6 Å². The molecule has 86 valence electrons. The lowest BCUT2D eigenvalue weighted by atomic mass is 10.3. The monoisotopic (exact) mass is 228 g/mol. The van der Waals surface area contributed by atoms with E-state index < -0.39 is 0 Å². The summed E-state index contributed by atoms with van der Waals surface area (Å²) < 4.78 is 7.28. The number of nitrogens with zero attached hydrogens (tertiary/aromatic N) is 3. The molecular weight excluding hydrogens is 216 g/mol. The minimum absolute atomic E-state index is 0.545. The highest BCUT2D eigenvalue weighted by molar-refractivity contribution is 5.76. The van der Waals surface area contributed by atoms with Crippen LogP contribution in [0.1, 0.15) is 5.69 Å². The topological polar surface area (TPSA) is 55.9 Å². The molecule has 0 aliphatic rings. The first-order chi connectivity index (χ1) is 8.38. The summed E-state index contributed by atoms with van der Waals surface area (Å²) in [4.78, 5) is 8.68. The molecule has 5 heteroatoms. The summed E-state index contributed by atoms with van der Waals surface area (Å²) in [5.41, 5.74) is 2.80. The first kappa shape index (κ1) is 10.0. The van der Waals surface area contributed by atoms with Crippen LogP contribution in [0.15, 0.2) is 41.3 Å². The predicted molar refractivity (Wildman–Crippen MR) is 63.9 cm³/mol. The summed E-state index contributed by atoms with van der Waals surface area (Å²) in [5.74, 6) is 0. The standard InChI is InChI=1S/C12H12N4O/c1-13-6-9-7-17-12(15-9)16-8-14-10-4-2-3-5-11(10)16/h2-5,7-8,13H,6H2,1H3. The first-order valence-corrected chi connectivity index (χ1v) is 5.40. The summed E-state index contributed by atoms with van der Waals surface area (Å²) >= 11 is 0. The number of imidazole rings is 1. The molecule has 0 saturated carbocycles. The van der Waals surface area contributed by atoms with Crippen molar-refractivity contribution in [3.8, 4) is 6.01 Å². The van der Waals surface area contributed by atoms with Gasteiger partial charge in [-0.05, 0) is 19.2 Å². The van der Waals surface area contributed by atoms with Gasteiger partial charge in [0.15, 0.2) is 0 Å². The molecule has 0 radical (unpaired) electrons. The Morgan fingerprint density at radius 1 is 1.35 bits per heavy atom. The zero-order valence-corrected chi connectivity index (χ0v) is 9.42. The molecule has 0 fully saturated rings. The number of oxazole rings is 1. The van der Waals surface area contributed by atoms with Crippen molar-refractivity contribution >= 4 is 11.0 Å². The Bertz CT molecular complexity index is 641. The van der Waals surface area contributed by atoms with Gasteiger partial charge in [0.05, 0.1) is 16.7 Å². The Morgan fingerprint density at radius 2 is 2.24 bits per heavy atom. The fourth-order valence-corrected chi connectivity index (χ4v) is 1.78. The molecule has 3 aromatic rings. The molecule has 1 aromatic carbocycles. The lowest BCUT2D eigenvalue weighted by Crippen LogP contribution is -2.05. The van der Waals surface area contributed by atoms with Crippen LogP contribution in [0.3, 0.4) is 0 Å². The van der Waals surface area contributed by atoms with E-state index in [1.54, 1.807) is 12.6 Å². The van der Waals surface area contributed by atoms with E-state index in [4.69, 9.17) is 4.42 Å². The summed E-state index contributed by atoms with van der Waals surface area (Å²) in [7, 11) is 1.88. The van der Waals surface area contributed by atoms with E-state index in [0.717, 1.165) is 16.7 Å². The summed E-state index contributed by atoms with van der Waals surface area (Å²) in [5, 5.41) is 3.03. The van der Waals surface area contributed by atoms with Crippen LogP contribution in [0.4, 0.5) is 0 Å². The zero-order valence-electron chi connectivity index (χ0n) is 9.42. The van der Waals surface area contributed by atoms with E-state index in [1.165, 1.54) is 0 Å². The van der Waals surface area contributed by atoms with Gasteiger partial charge in [0.25, 0.3) is 0 Å². The minimum Gasteiger partial charge on any atom is -0.431 e. The van der Waals surface area contributed by atoms with Gasteiger partial charge in [0, 0.05) is 6.54 Å². The Labute approximate surface area is 98.1 Å². The van der Waals surface area contributed by atoms with Crippen LogP contribution in [0.5, 0.6) is 0 Å². The van der Waals surface area contributed by atoms with Crippen LogP contribution in [-0.4, -0.2) is 21.6 Å². The average Bonchev–Trinajstić information content (AvgIpc) is 2.95. The molecule has 0 unspecified atom stereocenters. The van der Waals surface area contributed by atoms with Gasteiger partial charge >= 0.3 is 6.01 Å². The van der Waals surface area contributed by atoms with Crippen molar-refractivity contribution in [3.05, 3.63) is 42.5 Å². The van der Waals surface area contributed by atoms with E-state index in [1.807, 2.05) is 35.9 Å². The van der Waals surface area contributed by atoms with Crippen LogP contribution >= 0.6 is 0 Å². The van der Waals surface area contributed by atoms with Gasteiger partial charge in [-0.25, -0.2) is 4.98 Å². The van der Waals surface area contributed by atoms with E-state index >= 15 is 0 Å². The van der Waals surface area contributed by atoms with Gasteiger partial charge in [-0.2, -0.15) is 4.98 Å². The number of rotatable bonds is 3. The Hall–Kier alpha value is -2.14. The SMILES string of the molecule is CNCc1coc(-n2cnc3ccccc32)n1. The van der Waals surface area contributed by atoms with Gasteiger partial charge in [-0.15, -0.1) is 0 Å². The third-order valence-electron chi connectivity index (χ3n) is 2.56. The zero-order chi connectivity index (χ0) is 11.7. The molecule has 0 amide bonds. The molecule has 0 saturated heterocycles. The van der Waals surface area contributed by atoms with Crippen molar-refractivity contribution in [1.29, 1.82) is 0 Å². The highest BCUT2D eigenvalue weighted by atomic mass is 16.4. The fourth-order valence-electron chi connectivity index (χ4n) is 1.78. The number of fused-ring (bicyclic) bond motifs is 1. The van der Waals surface area contributed by atoms with Crippen molar-refractivity contribution in [1.82, 2.24) is 19.9 Å². The Balaban J connectivity index is 2.07. The fraction of sp³-hybridized carbons (Fsp3) is 0.167. The lowest BCUT2D eigenvalue weighted by Gasteiger charge is -1.96. The maximum atomic E-state index is 5.44. The minimum atomic E-state index is 0.545. The molecule has 17 heavy (non-hydrogen) atoms. The maximum Gasteiger partial charge on any atom is 0.307 e. The molecule has 0 aliphatic carbocycles. The molecule has 2 heterocycles. The number of benzene rings is 1. The van der Waals surface area contributed by atoms with Crippen LogP contribution in [0, 0.1) is 0 Å². The molecule has 0 spiro atoms. The van der Waals surface area contributed by atoms with Gasteiger partial charge < -0.3 is 9.73 Å². The lowest BCUT2D eigenvalue weighted by molar-refractivity contribution is 0.529. The summed E-state index contributed by atoms with van der Waals surface area (Å²) in [6.45, 7) is 0.691. The molecule has 0 atom stereocenters. The predicted octanol–water partition coefficient (Wildman–Crippen LogP) is 1.73. The van der Waals surface area contributed by atoms with Crippen LogP contribution in [0.2, 0.25) is 0 Å². The van der Waals surface area contributed by atoms with Crippen LogP contribution in [0.25, 0.3) is 17.0 Å². The smallest absolute Gasteiger partial charge is 0.307 e. The van der Waals surface area contributed by atoms with Crippen LogP contribution < -0.4 is 5.32 Å². The third kappa shape index (κ3) is 1.70. The van der Waals surface area contributed by atoms with Crippen molar-refractivity contribution in [3.63, 3.8) is 0 Å². The molecule has 1 N–H and O–H groups in total. The van der Waals surface area contributed by atoms with E-state index in [2.05, 4.69) is 15.3 Å². The molecule has 0 aliphatic heterocycles. The van der Waals surface area contributed by atoms with Gasteiger partial charge in [0.2, 0.25) is 0 Å². The van der Waals surface area contributed by atoms with Crippen molar-refractivity contribution in [2.45, 2.75) is 6.54 Å². The quantitative estimate of drug-likeness (QED) is 0.741. The van der Waals surface area contributed by atoms with Crippen molar-refractivity contribution < 1.29 is 4.42 Å². The number of nitrogens with one attached hydrogen (secondary N) is 1. The largest absolute Gasteiger partial charge is 0.431 e. The second kappa shape index (κ2) is 4.03. The molecule has 5 nitrogen and oxygen atoms in total. The maximum absolute atomic E-state index is 5.44. The second-order valence-corrected chi connectivity index (χ2v) is 3.76. The van der Waals surface area contributed by atoms with E-state index in [-0.39, 0.29) is 0 Å². The Morgan fingerprint density at radius 3 is 3.12 bits per heavy atom. The van der Waals surface area contributed by atoms with Crippen molar-refractivity contribution in [2.24, 2.45) is 0 Å². The van der Waals surface area contributed by atoms with E-state index in [9.17, 15) is 0 Å². The van der Waals surface area contributed by atoms with Gasteiger partial charge in [-0.1, -0.05) is 12.1 Å². The van der Waals surface area contributed by atoms with Gasteiger partial charge in [0.1, 0.15) is 12.6 Å². The third-order valence-corrected chi connectivity index (χ3v) is 2.56. The Kier molecular flexibility index (Phi) is 2.38. The van der Waals surface area contributed by atoms with Gasteiger partial charge in [-0.3, -0.25) is 4.57 Å². The average molecular weight is 228 g/mol. The summed E-state index contributed by atoms with van der Waals surface area (Å²) in [6.07, 6.45) is 3.38. The number of aromatic nitrogens is 3. The highest BCUT2D eigenvalue weighted by Gasteiger charge is 2.09. The first-order valence-electron chi connectivity index (χ1n) is 5.40. The highest BCUT2D eigenvalue weighted by Crippen LogP contribution is 2.17. The second-order valence-electron chi connectivity index (χ2n) is 3.76. The molecule has 2 aromatic heterocycles. The molecule has 3 rings (SSSR count). The number of para-hydroxylation sites is 2. The number of hydrogen-bond donors (Lipinski definition) is 1. The molecular formula is C12H12N4O. The summed E-state index contributed by atoms with van der Waals surface area (Å²) in [6, 6.07) is 8.43. The van der Waals surface area contributed by atoms with Crippen LogP contribution in [-0.2, 0) is 6.54 Å². The number of hydrogen-bond acceptors (Lipinski definition) is 4. The normalized spacial score (nSPS) is 11.1.